The van der Waals surface area contributed by atoms with Gasteiger partial charge in [-0.2, -0.15) is 11.3 Å². The summed E-state index contributed by atoms with van der Waals surface area (Å²) in [7, 11) is 1.35. The van der Waals surface area contributed by atoms with E-state index in [0.717, 1.165) is 10.4 Å². The molecule has 6 heteroatoms. The molecule has 0 aliphatic carbocycles. The molecule has 0 aromatic carbocycles. The molecule has 112 valence electrons. The van der Waals surface area contributed by atoms with Gasteiger partial charge in [-0.05, 0) is 40.3 Å². The van der Waals surface area contributed by atoms with Gasteiger partial charge < -0.3 is 10.1 Å². The zero-order valence-corrected chi connectivity index (χ0v) is 13.3. The number of nitrogens with one attached hydrogen (secondary N) is 1. The molecule has 0 radical (unpaired) electrons. The lowest BCUT2D eigenvalue weighted by molar-refractivity contribution is -0.141. The highest BCUT2D eigenvalue weighted by Gasteiger charge is 2.19. The molecule has 21 heavy (non-hydrogen) atoms. The fraction of sp³-hybridized carbons (Fsp3) is 0.333. The molecule has 1 amide bonds. The summed E-state index contributed by atoms with van der Waals surface area (Å²) in [5.74, 6) is -0.380. The van der Waals surface area contributed by atoms with Gasteiger partial charge in [-0.15, -0.1) is 11.3 Å². The quantitative estimate of drug-likeness (QED) is 0.796. The third kappa shape index (κ3) is 4.99. The van der Waals surface area contributed by atoms with Gasteiger partial charge >= 0.3 is 5.97 Å². The maximum atomic E-state index is 12.1. The van der Waals surface area contributed by atoms with Crippen LogP contribution in [-0.2, 0) is 20.7 Å². The van der Waals surface area contributed by atoms with Gasteiger partial charge in [0.05, 0.1) is 19.6 Å². The maximum absolute atomic E-state index is 12.1. The zero-order valence-electron chi connectivity index (χ0n) is 11.7. The summed E-state index contributed by atoms with van der Waals surface area (Å²) in [6.45, 7) is 0. The first-order chi connectivity index (χ1) is 10.2. The van der Waals surface area contributed by atoms with E-state index in [1.54, 1.807) is 11.3 Å². The average molecular weight is 323 g/mol. The lowest BCUT2D eigenvalue weighted by Gasteiger charge is -2.16. The molecule has 2 aromatic rings. The number of methoxy groups -OCH3 is 1. The molecular weight excluding hydrogens is 306 g/mol. The van der Waals surface area contributed by atoms with Crippen molar-refractivity contribution < 1.29 is 14.3 Å². The van der Waals surface area contributed by atoms with Crippen molar-refractivity contribution >= 4 is 34.6 Å². The molecule has 4 nitrogen and oxygen atoms in total. The maximum Gasteiger partial charge on any atom is 0.307 e. The van der Waals surface area contributed by atoms with Gasteiger partial charge in [0.1, 0.15) is 0 Å². The summed E-state index contributed by atoms with van der Waals surface area (Å²) in [6.07, 6.45) is 1.28. The highest BCUT2D eigenvalue weighted by Crippen LogP contribution is 2.22. The normalized spacial score (nSPS) is 11.9. The number of carbonyl (C=O) groups is 2. The van der Waals surface area contributed by atoms with Gasteiger partial charge in [0.2, 0.25) is 5.91 Å². The highest BCUT2D eigenvalue weighted by atomic mass is 32.1. The second-order valence-corrected chi connectivity index (χ2v) is 6.31. The fourth-order valence-corrected chi connectivity index (χ4v) is 3.40. The number of rotatable bonds is 7. The van der Waals surface area contributed by atoms with Crippen molar-refractivity contribution in [3.63, 3.8) is 0 Å². The molecule has 0 spiro atoms. The zero-order chi connectivity index (χ0) is 15.1. The Morgan fingerprint density at radius 2 is 2.19 bits per heavy atom. The number of esters is 1. The number of hydrogen-bond acceptors (Lipinski definition) is 5. The summed E-state index contributed by atoms with van der Waals surface area (Å²) >= 11 is 3.14. The van der Waals surface area contributed by atoms with Crippen LogP contribution in [0.3, 0.4) is 0 Å². The van der Waals surface area contributed by atoms with E-state index in [9.17, 15) is 9.59 Å². The van der Waals surface area contributed by atoms with E-state index in [-0.39, 0.29) is 24.3 Å². The first-order valence-corrected chi connectivity index (χ1v) is 8.42. The minimum atomic E-state index is -0.327. The van der Waals surface area contributed by atoms with Gasteiger partial charge in [-0.3, -0.25) is 9.59 Å². The highest BCUT2D eigenvalue weighted by molar-refractivity contribution is 7.10. The van der Waals surface area contributed by atoms with E-state index in [0.29, 0.717) is 12.8 Å². The van der Waals surface area contributed by atoms with Gasteiger partial charge in [-0.25, -0.2) is 0 Å². The Bertz CT molecular complexity index is 564. The Morgan fingerprint density at radius 1 is 1.33 bits per heavy atom. The van der Waals surface area contributed by atoms with Crippen molar-refractivity contribution in [2.75, 3.05) is 7.11 Å². The fourth-order valence-electron chi connectivity index (χ4n) is 1.92. The lowest BCUT2D eigenvalue weighted by Crippen LogP contribution is -2.30. The molecule has 2 rings (SSSR count). The molecule has 0 aliphatic heterocycles. The van der Waals surface area contributed by atoms with E-state index < -0.39 is 0 Å². The first-order valence-electron chi connectivity index (χ1n) is 6.59. The van der Waals surface area contributed by atoms with Crippen LogP contribution >= 0.6 is 22.7 Å². The van der Waals surface area contributed by atoms with Gasteiger partial charge in [0, 0.05) is 11.3 Å². The van der Waals surface area contributed by atoms with Gasteiger partial charge in [-0.1, -0.05) is 6.07 Å². The second-order valence-electron chi connectivity index (χ2n) is 4.55. The summed E-state index contributed by atoms with van der Waals surface area (Å²) < 4.78 is 4.69. The molecule has 0 saturated carbocycles. The molecular formula is C15H17NO3S2. The minimum Gasteiger partial charge on any atom is -0.469 e. The second kappa shape index (κ2) is 7.95. The van der Waals surface area contributed by atoms with Crippen LogP contribution in [0.2, 0.25) is 0 Å². The molecule has 0 fully saturated rings. The van der Waals surface area contributed by atoms with Crippen LogP contribution in [-0.4, -0.2) is 19.0 Å². The van der Waals surface area contributed by atoms with Crippen molar-refractivity contribution in [3.8, 4) is 0 Å². The SMILES string of the molecule is COC(=O)CC(NC(=O)CCc1ccsc1)c1cccs1. The van der Waals surface area contributed by atoms with Crippen molar-refractivity contribution in [2.24, 2.45) is 0 Å². The predicted octanol–water partition coefficient (Wildman–Crippen LogP) is 3.16. The standard InChI is InChI=1S/C15H17NO3S2/c1-19-15(18)9-12(13-3-2-7-21-13)16-14(17)5-4-11-6-8-20-10-11/h2-3,6-8,10,12H,4-5,9H2,1H3,(H,16,17). The summed E-state index contributed by atoms with van der Waals surface area (Å²) in [4.78, 5) is 24.5. The Morgan fingerprint density at radius 3 is 2.81 bits per heavy atom. The van der Waals surface area contributed by atoms with Crippen molar-refractivity contribution in [1.29, 1.82) is 0 Å². The minimum absolute atomic E-state index is 0.0523. The van der Waals surface area contributed by atoms with Crippen LogP contribution in [0.15, 0.2) is 34.3 Å². The number of thiophene rings is 2. The molecule has 0 aliphatic rings. The Hall–Kier alpha value is -1.66. The molecule has 1 N–H and O–H groups in total. The van der Waals surface area contributed by atoms with Crippen LogP contribution in [0.4, 0.5) is 0 Å². The topological polar surface area (TPSA) is 55.4 Å². The number of aryl methyl sites for hydroxylation is 1. The number of ether oxygens (including phenoxy) is 1. The first kappa shape index (κ1) is 15.7. The van der Waals surface area contributed by atoms with E-state index in [2.05, 4.69) is 5.32 Å². The third-order valence-corrected chi connectivity index (χ3v) is 4.76. The van der Waals surface area contributed by atoms with Crippen molar-refractivity contribution in [1.82, 2.24) is 5.32 Å². The lowest BCUT2D eigenvalue weighted by atomic mass is 10.1. The molecule has 2 heterocycles. The largest absolute Gasteiger partial charge is 0.469 e. The summed E-state index contributed by atoms with van der Waals surface area (Å²) in [6, 6.07) is 5.52. The van der Waals surface area contributed by atoms with Crippen LogP contribution < -0.4 is 5.32 Å². The molecule has 1 unspecified atom stereocenters. The predicted molar refractivity (Wildman–Crippen MR) is 84.5 cm³/mol. The Labute approximate surface area is 131 Å². The molecule has 1 atom stereocenters. The molecule has 0 bridgehead atoms. The van der Waals surface area contributed by atoms with E-state index >= 15 is 0 Å². The van der Waals surface area contributed by atoms with E-state index in [1.807, 2.05) is 34.3 Å². The van der Waals surface area contributed by atoms with E-state index in [1.165, 1.54) is 18.4 Å². The number of carbonyl (C=O) groups excluding carboxylic acids is 2. The van der Waals surface area contributed by atoms with Crippen LogP contribution in [0.1, 0.15) is 29.3 Å². The third-order valence-electron chi connectivity index (χ3n) is 3.04. The van der Waals surface area contributed by atoms with Crippen LogP contribution in [0.5, 0.6) is 0 Å². The summed E-state index contributed by atoms with van der Waals surface area (Å²) in [5, 5.41) is 8.89. The Balaban J connectivity index is 1.91. The molecule has 2 aromatic heterocycles. The molecule has 0 saturated heterocycles. The van der Waals surface area contributed by atoms with Gasteiger partial charge in [0.15, 0.2) is 0 Å². The van der Waals surface area contributed by atoms with Crippen LogP contribution in [0, 0.1) is 0 Å². The van der Waals surface area contributed by atoms with Crippen molar-refractivity contribution in [3.05, 3.63) is 44.8 Å². The average Bonchev–Trinajstić information content (AvgIpc) is 3.17. The summed E-state index contributed by atoms with van der Waals surface area (Å²) in [5.41, 5.74) is 1.16. The Kier molecular flexibility index (Phi) is 5.95. The van der Waals surface area contributed by atoms with Gasteiger partial charge in [0.25, 0.3) is 0 Å². The van der Waals surface area contributed by atoms with Crippen LogP contribution in [0.25, 0.3) is 0 Å². The monoisotopic (exact) mass is 323 g/mol. The smallest absolute Gasteiger partial charge is 0.307 e. The number of amides is 1. The van der Waals surface area contributed by atoms with E-state index in [4.69, 9.17) is 4.74 Å². The van der Waals surface area contributed by atoms with Crippen molar-refractivity contribution in [2.45, 2.75) is 25.3 Å². The number of hydrogen-bond donors (Lipinski definition) is 1.